The number of phenols is 1. The van der Waals surface area contributed by atoms with Crippen LogP contribution < -0.4 is 10.9 Å². The Morgan fingerprint density at radius 1 is 1.27 bits per heavy atom. The molecule has 0 saturated carbocycles. The number of hydrogen-bond donors (Lipinski definition) is 4. The van der Waals surface area contributed by atoms with Crippen molar-refractivity contribution in [2.75, 3.05) is 11.9 Å². The van der Waals surface area contributed by atoms with E-state index < -0.39 is 0 Å². The van der Waals surface area contributed by atoms with E-state index in [9.17, 15) is 9.90 Å². The van der Waals surface area contributed by atoms with Gasteiger partial charge in [0.15, 0.2) is 0 Å². The standard InChI is InChI=1S/C15H15N5O2/c21-11-3-1-2-10(8-11)4-6-16-15-17-7-5-13(19-15)12-9-18-20-14(12)22/h1-3,5,7-9,21H,4,6H2,(H,16,17,19)(H2,18,20,22). The molecule has 0 aliphatic rings. The number of aromatic hydroxyl groups is 1. The second-order valence-electron chi connectivity index (χ2n) is 4.77. The maximum absolute atomic E-state index is 11.6. The normalized spacial score (nSPS) is 10.5. The first-order chi connectivity index (χ1) is 10.7. The van der Waals surface area contributed by atoms with Crippen molar-refractivity contribution in [3.63, 3.8) is 0 Å². The molecule has 2 heterocycles. The minimum atomic E-state index is -0.218. The third-order valence-electron chi connectivity index (χ3n) is 3.19. The van der Waals surface area contributed by atoms with Crippen molar-refractivity contribution in [1.29, 1.82) is 0 Å². The third-order valence-corrected chi connectivity index (χ3v) is 3.19. The summed E-state index contributed by atoms with van der Waals surface area (Å²) < 4.78 is 0. The molecule has 3 rings (SSSR count). The van der Waals surface area contributed by atoms with E-state index in [1.165, 1.54) is 0 Å². The molecule has 3 aromatic rings. The van der Waals surface area contributed by atoms with Gasteiger partial charge in [-0.05, 0) is 30.2 Å². The highest BCUT2D eigenvalue weighted by Gasteiger charge is 2.06. The number of nitrogens with zero attached hydrogens (tertiary/aromatic N) is 2. The van der Waals surface area contributed by atoms with Crippen molar-refractivity contribution in [1.82, 2.24) is 20.2 Å². The number of aromatic nitrogens is 4. The molecule has 7 heteroatoms. The first kappa shape index (κ1) is 13.9. The van der Waals surface area contributed by atoms with Gasteiger partial charge in [-0.2, -0.15) is 0 Å². The molecule has 4 N–H and O–H groups in total. The van der Waals surface area contributed by atoms with Gasteiger partial charge in [0.1, 0.15) is 5.75 Å². The Hall–Kier alpha value is -3.09. The van der Waals surface area contributed by atoms with Crippen molar-refractivity contribution in [2.45, 2.75) is 6.42 Å². The van der Waals surface area contributed by atoms with Crippen molar-refractivity contribution >= 4 is 5.95 Å². The number of benzene rings is 1. The molecule has 0 radical (unpaired) electrons. The molecule has 0 spiro atoms. The average molecular weight is 297 g/mol. The van der Waals surface area contributed by atoms with Crippen molar-refractivity contribution in [3.05, 3.63) is 58.6 Å². The smallest absolute Gasteiger partial charge is 0.273 e. The van der Waals surface area contributed by atoms with Gasteiger partial charge in [-0.1, -0.05) is 12.1 Å². The first-order valence-corrected chi connectivity index (χ1v) is 6.83. The maximum atomic E-state index is 11.6. The summed E-state index contributed by atoms with van der Waals surface area (Å²) in [6, 6.07) is 8.78. The topological polar surface area (TPSA) is 107 Å². The molecule has 7 nitrogen and oxygen atoms in total. The molecule has 0 fully saturated rings. The predicted molar refractivity (Wildman–Crippen MR) is 82.7 cm³/mol. The summed E-state index contributed by atoms with van der Waals surface area (Å²) in [5.74, 6) is 0.709. The summed E-state index contributed by atoms with van der Waals surface area (Å²) in [7, 11) is 0. The number of aromatic amines is 2. The number of rotatable bonds is 5. The summed E-state index contributed by atoms with van der Waals surface area (Å²) in [6.45, 7) is 0.621. The van der Waals surface area contributed by atoms with Gasteiger partial charge < -0.3 is 15.5 Å². The molecule has 0 amide bonds. The second-order valence-corrected chi connectivity index (χ2v) is 4.77. The third kappa shape index (κ3) is 3.14. The predicted octanol–water partition coefficient (Wildman–Crippen LogP) is 1.52. The molecule has 22 heavy (non-hydrogen) atoms. The van der Waals surface area contributed by atoms with Crippen molar-refractivity contribution in [3.8, 4) is 17.0 Å². The highest BCUT2D eigenvalue weighted by molar-refractivity contribution is 5.57. The van der Waals surface area contributed by atoms with Crippen LogP contribution in [0, 0.1) is 0 Å². The van der Waals surface area contributed by atoms with Crippen molar-refractivity contribution < 1.29 is 5.11 Å². The van der Waals surface area contributed by atoms with Gasteiger partial charge in [0.25, 0.3) is 5.56 Å². The van der Waals surface area contributed by atoms with E-state index in [-0.39, 0.29) is 11.3 Å². The van der Waals surface area contributed by atoms with Crippen LogP contribution in [0.15, 0.2) is 47.5 Å². The van der Waals surface area contributed by atoms with E-state index in [0.717, 1.165) is 12.0 Å². The van der Waals surface area contributed by atoms with Crippen LogP contribution in [0.1, 0.15) is 5.56 Å². The second kappa shape index (κ2) is 6.13. The molecule has 2 aromatic heterocycles. The summed E-state index contributed by atoms with van der Waals surface area (Å²) in [4.78, 5) is 20.0. The van der Waals surface area contributed by atoms with Crippen LogP contribution in [0.2, 0.25) is 0 Å². The quantitative estimate of drug-likeness (QED) is 0.571. The summed E-state index contributed by atoms with van der Waals surface area (Å²) >= 11 is 0. The van der Waals surface area contributed by atoms with Gasteiger partial charge >= 0.3 is 0 Å². The molecule has 0 aliphatic carbocycles. The highest BCUT2D eigenvalue weighted by Crippen LogP contribution is 2.13. The molecule has 0 aliphatic heterocycles. The van der Waals surface area contributed by atoms with E-state index in [1.54, 1.807) is 36.7 Å². The van der Waals surface area contributed by atoms with Gasteiger partial charge in [0, 0.05) is 18.9 Å². The van der Waals surface area contributed by atoms with Crippen LogP contribution in [0.3, 0.4) is 0 Å². The van der Waals surface area contributed by atoms with Crippen LogP contribution in [-0.4, -0.2) is 31.8 Å². The molecule has 112 valence electrons. The average Bonchev–Trinajstić information content (AvgIpc) is 2.94. The minimum Gasteiger partial charge on any atom is -0.508 e. The number of anilines is 1. The minimum absolute atomic E-state index is 0.218. The molecule has 1 aromatic carbocycles. The molecule has 0 atom stereocenters. The molecule has 0 bridgehead atoms. The zero-order valence-electron chi connectivity index (χ0n) is 11.7. The summed E-state index contributed by atoms with van der Waals surface area (Å²) in [5, 5.41) is 17.6. The van der Waals surface area contributed by atoms with Crippen LogP contribution in [-0.2, 0) is 6.42 Å². The monoisotopic (exact) mass is 297 g/mol. The van der Waals surface area contributed by atoms with Crippen LogP contribution in [0.25, 0.3) is 11.3 Å². The lowest BCUT2D eigenvalue weighted by atomic mass is 10.1. The van der Waals surface area contributed by atoms with Crippen molar-refractivity contribution in [2.24, 2.45) is 0 Å². The molecule has 0 unspecified atom stereocenters. The molecular weight excluding hydrogens is 282 g/mol. The summed E-state index contributed by atoms with van der Waals surface area (Å²) in [6.07, 6.45) is 3.90. The maximum Gasteiger partial charge on any atom is 0.273 e. The Bertz CT molecular complexity index is 824. The Labute approximate surface area is 126 Å². The largest absolute Gasteiger partial charge is 0.508 e. The fourth-order valence-electron chi connectivity index (χ4n) is 2.12. The SMILES string of the molecule is O=c1[nH][nH]cc1-c1ccnc(NCCc2cccc(O)c2)n1. The van der Waals surface area contributed by atoms with Gasteiger partial charge in [0.2, 0.25) is 5.95 Å². The Kier molecular flexibility index (Phi) is 3.86. The number of H-pyrrole nitrogens is 2. The van der Waals surface area contributed by atoms with E-state index in [2.05, 4.69) is 25.5 Å². The van der Waals surface area contributed by atoms with E-state index >= 15 is 0 Å². The zero-order chi connectivity index (χ0) is 15.4. The van der Waals surface area contributed by atoms with Gasteiger partial charge in [0.05, 0.1) is 11.3 Å². The van der Waals surface area contributed by atoms with Gasteiger partial charge in [-0.25, -0.2) is 9.97 Å². The molecular formula is C15H15N5O2. The Morgan fingerprint density at radius 2 is 2.18 bits per heavy atom. The lowest BCUT2D eigenvalue weighted by Gasteiger charge is -2.06. The van der Waals surface area contributed by atoms with E-state index in [0.29, 0.717) is 23.8 Å². The number of hydrogen-bond acceptors (Lipinski definition) is 5. The lowest BCUT2D eigenvalue weighted by Crippen LogP contribution is -2.09. The van der Waals surface area contributed by atoms with Crippen LogP contribution >= 0.6 is 0 Å². The van der Waals surface area contributed by atoms with Gasteiger partial charge in [-0.15, -0.1) is 0 Å². The van der Waals surface area contributed by atoms with Crippen LogP contribution in [0.4, 0.5) is 5.95 Å². The fraction of sp³-hybridized carbons (Fsp3) is 0.133. The van der Waals surface area contributed by atoms with E-state index in [1.807, 2.05) is 6.07 Å². The zero-order valence-corrected chi connectivity index (χ0v) is 11.7. The number of phenolic OH excluding ortho intramolecular Hbond substituents is 1. The number of nitrogens with one attached hydrogen (secondary N) is 3. The lowest BCUT2D eigenvalue weighted by molar-refractivity contribution is 0.474. The van der Waals surface area contributed by atoms with Gasteiger partial charge in [-0.3, -0.25) is 9.89 Å². The van der Waals surface area contributed by atoms with E-state index in [4.69, 9.17) is 0 Å². The fourth-order valence-corrected chi connectivity index (χ4v) is 2.12. The highest BCUT2D eigenvalue weighted by atomic mass is 16.3. The Morgan fingerprint density at radius 3 is 2.95 bits per heavy atom. The Balaban J connectivity index is 1.66. The van der Waals surface area contributed by atoms with Crippen LogP contribution in [0.5, 0.6) is 5.75 Å². The summed E-state index contributed by atoms with van der Waals surface area (Å²) in [5.41, 5.74) is 1.82. The first-order valence-electron chi connectivity index (χ1n) is 6.83. The molecule has 0 saturated heterocycles.